The van der Waals surface area contributed by atoms with E-state index in [1.54, 1.807) is 12.1 Å². The monoisotopic (exact) mass is 326 g/mol. The fraction of sp³-hybridized carbons (Fsp3) is 0.211. The van der Waals surface area contributed by atoms with Gasteiger partial charge in [-0.2, -0.15) is 0 Å². The summed E-state index contributed by atoms with van der Waals surface area (Å²) in [6.07, 6.45) is 2.78. The number of benzene rings is 2. The van der Waals surface area contributed by atoms with Crippen molar-refractivity contribution in [2.24, 2.45) is 0 Å². The van der Waals surface area contributed by atoms with Gasteiger partial charge in [-0.05, 0) is 66.8 Å². The van der Waals surface area contributed by atoms with Crippen molar-refractivity contribution in [2.45, 2.75) is 25.9 Å². The molecule has 0 atom stereocenters. The Morgan fingerprint density at radius 1 is 1.04 bits per heavy atom. The molecule has 0 saturated heterocycles. The third kappa shape index (κ3) is 2.73. The second kappa shape index (κ2) is 5.74. The Bertz CT molecular complexity index is 926. The average molecular weight is 327 g/mol. The Morgan fingerprint density at radius 2 is 1.83 bits per heavy atom. The summed E-state index contributed by atoms with van der Waals surface area (Å²) in [6, 6.07) is 13.2. The van der Waals surface area contributed by atoms with Crippen LogP contribution in [0.5, 0.6) is 5.75 Å². The van der Waals surface area contributed by atoms with Crippen LogP contribution in [0.2, 0.25) is 5.02 Å². The minimum Gasteiger partial charge on any atom is -0.489 e. The topological polar surface area (TPSA) is 39.4 Å². The van der Waals surface area contributed by atoms with E-state index in [4.69, 9.17) is 20.8 Å². The number of ether oxygens (including phenoxy) is 1. The van der Waals surface area contributed by atoms with Gasteiger partial charge in [0, 0.05) is 16.0 Å². The molecule has 0 saturated carbocycles. The van der Waals surface area contributed by atoms with Crippen LogP contribution in [0.4, 0.5) is 0 Å². The third-order valence-electron chi connectivity index (χ3n) is 4.26. The Kier molecular flexibility index (Phi) is 3.58. The molecule has 4 heteroatoms. The van der Waals surface area contributed by atoms with Crippen LogP contribution in [0.15, 0.2) is 51.7 Å². The maximum Gasteiger partial charge on any atom is 0.339 e. The molecule has 0 fully saturated rings. The van der Waals surface area contributed by atoms with Crippen LogP contribution in [-0.4, -0.2) is 0 Å². The molecule has 3 aromatic rings. The van der Waals surface area contributed by atoms with Gasteiger partial charge >= 0.3 is 5.63 Å². The molecule has 4 rings (SSSR count). The number of rotatable bonds is 3. The second-order valence-corrected chi connectivity index (χ2v) is 6.21. The lowest BCUT2D eigenvalue weighted by Gasteiger charge is -2.09. The van der Waals surface area contributed by atoms with Crippen molar-refractivity contribution >= 4 is 22.6 Å². The van der Waals surface area contributed by atoms with Crippen LogP contribution in [0.3, 0.4) is 0 Å². The lowest BCUT2D eigenvalue weighted by molar-refractivity contribution is 0.306. The zero-order valence-corrected chi connectivity index (χ0v) is 13.2. The van der Waals surface area contributed by atoms with E-state index in [-0.39, 0.29) is 5.63 Å². The van der Waals surface area contributed by atoms with Gasteiger partial charge in [-0.25, -0.2) is 4.79 Å². The number of hydrogen-bond donors (Lipinski definition) is 0. The molecule has 0 aliphatic heterocycles. The highest BCUT2D eigenvalue weighted by atomic mass is 35.5. The first-order valence-electron chi connectivity index (χ1n) is 7.66. The summed E-state index contributed by atoms with van der Waals surface area (Å²) in [4.78, 5) is 11.9. The van der Waals surface area contributed by atoms with Crippen LogP contribution in [0.1, 0.15) is 23.1 Å². The van der Waals surface area contributed by atoms with Crippen molar-refractivity contribution in [1.29, 1.82) is 0 Å². The van der Waals surface area contributed by atoms with E-state index in [9.17, 15) is 4.79 Å². The van der Waals surface area contributed by atoms with Crippen molar-refractivity contribution in [3.8, 4) is 5.75 Å². The molecular weight excluding hydrogens is 312 g/mol. The molecule has 3 nitrogen and oxygen atoms in total. The largest absolute Gasteiger partial charge is 0.489 e. The summed E-state index contributed by atoms with van der Waals surface area (Å²) in [5.74, 6) is 0.777. The number of aryl methyl sites for hydroxylation is 1. The average Bonchev–Trinajstić information content (AvgIpc) is 3.05. The second-order valence-electron chi connectivity index (χ2n) is 5.77. The predicted molar refractivity (Wildman–Crippen MR) is 90.3 cm³/mol. The van der Waals surface area contributed by atoms with Crippen LogP contribution >= 0.6 is 11.6 Å². The standard InChI is InChI=1S/C19H15ClO3/c20-13-5-7-14(8-6-13)22-11-12-4-9-18-17(10-12)15-2-1-3-16(15)19(21)23-18/h4-10H,1-3,11H2. The summed E-state index contributed by atoms with van der Waals surface area (Å²) >= 11 is 5.87. The first-order chi connectivity index (χ1) is 11.2. The molecule has 23 heavy (non-hydrogen) atoms. The molecule has 0 amide bonds. The van der Waals surface area contributed by atoms with Crippen molar-refractivity contribution < 1.29 is 9.15 Å². The minimum atomic E-state index is -0.185. The Balaban J connectivity index is 1.65. The predicted octanol–water partition coefficient (Wildman–Crippen LogP) is 4.51. The highest BCUT2D eigenvalue weighted by Crippen LogP contribution is 2.28. The molecule has 1 aromatic heterocycles. The first-order valence-corrected chi connectivity index (χ1v) is 8.04. The van der Waals surface area contributed by atoms with E-state index >= 15 is 0 Å². The van der Waals surface area contributed by atoms with Gasteiger partial charge in [0.2, 0.25) is 0 Å². The number of fused-ring (bicyclic) bond motifs is 3. The van der Waals surface area contributed by atoms with Crippen molar-refractivity contribution in [1.82, 2.24) is 0 Å². The number of halogens is 1. The highest BCUT2D eigenvalue weighted by molar-refractivity contribution is 6.30. The minimum absolute atomic E-state index is 0.185. The van der Waals surface area contributed by atoms with Gasteiger partial charge < -0.3 is 9.15 Å². The molecule has 0 unspecified atom stereocenters. The quantitative estimate of drug-likeness (QED) is 0.665. The van der Waals surface area contributed by atoms with E-state index in [2.05, 4.69) is 6.07 Å². The summed E-state index contributed by atoms with van der Waals surface area (Å²) in [7, 11) is 0. The molecule has 0 bridgehead atoms. The van der Waals surface area contributed by atoms with Gasteiger partial charge in [0.25, 0.3) is 0 Å². The molecule has 0 spiro atoms. The van der Waals surface area contributed by atoms with Crippen molar-refractivity contribution in [2.75, 3.05) is 0 Å². The van der Waals surface area contributed by atoms with Crippen LogP contribution in [-0.2, 0) is 19.4 Å². The van der Waals surface area contributed by atoms with Gasteiger partial charge in [0.1, 0.15) is 17.9 Å². The maximum atomic E-state index is 11.9. The zero-order chi connectivity index (χ0) is 15.8. The molecule has 116 valence electrons. The normalized spacial score (nSPS) is 13.3. The van der Waals surface area contributed by atoms with Gasteiger partial charge in [-0.1, -0.05) is 17.7 Å². The van der Waals surface area contributed by atoms with Crippen molar-refractivity contribution in [3.05, 3.63) is 74.6 Å². The lowest BCUT2D eigenvalue weighted by atomic mass is 10.0. The highest BCUT2D eigenvalue weighted by Gasteiger charge is 2.19. The van der Waals surface area contributed by atoms with E-state index in [0.29, 0.717) is 17.2 Å². The summed E-state index contributed by atoms with van der Waals surface area (Å²) in [5, 5.41) is 1.72. The fourth-order valence-corrected chi connectivity index (χ4v) is 3.24. The molecule has 1 aliphatic rings. The van der Waals surface area contributed by atoms with Crippen molar-refractivity contribution in [3.63, 3.8) is 0 Å². The van der Waals surface area contributed by atoms with Crippen LogP contribution in [0.25, 0.3) is 11.0 Å². The molecule has 0 N–H and O–H groups in total. The smallest absolute Gasteiger partial charge is 0.339 e. The van der Waals surface area contributed by atoms with Gasteiger partial charge in [0.05, 0.1) is 0 Å². The molecule has 1 aliphatic carbocycles. The molecule has 1 heterocycles. The van der Waals surface area contributed by atoms with Crippen LogP contribution in [0, 0.1) is 0 Å². The maximum absolute atomic E-state index is 11.9. The number of hydrogen-bond acceptors (Lipinski definition) is 3. The summed E-state index contributed by atoms with van der Waals surface area (Å²) < 4.78 is 11.2. The van der Waals surface area contributed by atoms with Crippen LogP contribution < -0.4 is 10.4 Å². The molecule has 0 radical (unpaired) electrons. The third-order valence-corrected chi connectivity index (χ3v) is 4.51. The van der Waals surface area contributed by atoms with E-state index < -0.39 is 0 Å². The molecular formula is C19H15ClO3. The molecule has 2 aromatic carbocycles. The van der Waals surface area contributed by atoms with Gasteiger partial charge in [0.15, 0.2) is 0 Å². The van der Waals surface area contributed by atoms with E-state index in [1.165, 1.54) is 0 Å². The van der Waals surface area contributed by atoms with E-state index in [1.807, 2.05) is 24.3 Å². The fourth-order valence-electron chi connectivity index (χ4n) is 3.12. The lowest BCUT2D eigenvalue weighted by Crippen LogP contribution is -2.07. The Labute approximate surface area is 138 Å². The van der Waals surface area contributed by atoms with E-state index in [0.717, 1.165) is 47.1 Å². The summed E-state index contributed by atoms with van der Waals surface area (Å²) in [6.45, 7) is 0.464. The summed E-state index contributed by atoms with van der Waals surface area (Å²) in [5.41, 5.74) is 3.51. The zero-order valence-electron chi connectivity index (χ0n) is 12.5. The SMILES string of the molecule is O=c1oc2ccc(COc3ccc(Cl)cc3)cc2c2c1CCC2. The first kappa shape index (κ1) is 14.3. The Morgan fingerprint density at radius 3 is 2.65 bits per heavy atom. The van der Waals surface area contributed by atoms with Gasteiger partial charge in [-0.15, -0.1) is 0 Å². The Hall–Kier alpha value is -2.26. The van der Waals surface area contributed by atoms with Gasteiger partial charge in [-0.3, -0.25) is 0 Å².